The standard InChI is InChI=1S/C15H22N4O2/c1-15(2)9-19(7-6-12(15)16)14(21)10-4-5-11(18-8-10)13(20)17-3/h4-5,8,12H,6-7,9,16H2,1-3H3,(H,17,20). The molecule has 6 nitrogen and oxygen atoms in total. The van der Waals surface area contributed by atoms with Crippen LogP contribution in [0.3, 0.4) is 0 Å². The molecule has 3 N–H and O–H groups in total. The Labute approximate surface area is 124 Å². The largest absolute Gasteiger partial charge is 0.354 e. The highest BCUT2D eigenvalue weighted by atomic mass is 16.2. The molecule has 1 unspecified atom stereocenters. The quantitative estimate of drug-likeness (QED) is 0.836. The van der Waals surface area contributed by atoms with Crippen molar-refractivity contribution in [2.75, 3.05) is 20.1 Å². The number of nitrogens with one attached hydrogen (secondary N) is 1. The second-order valence-electron chi connectivity index (χ2n) is 6.12. The van der Waals surface area contributed by atoms with Crippen LogP contribution >= 0.6 is 0 Å². The number of hydrogen-bond acceptors (Lipinski definition) is 4. The van der Waals surface area contributed by atoms with E-state index in [1.54, 1.807) is 24.1 Å². The van der Waals surface area contributed by atoms with Gasteiger partial charge < -0.3 is 16.0 Å². The number of nitrogens with two attached hydrogens (primary N) is 1. The molecule has 1 saturated heterocycles. The van der Waals surface area contributed by atoms with Gasteiger partial charge in [-0.1, -0.05) is 13.8 Å². The van der Waals surface area contributed by atoms with Crippen LogP contribution < -0.4 is 11.1 Å². The van der Waals surface area contributed by atoms with Gasteiger partial charge in [-0.25, -0.2) is 0 Å². The van der Waals surface area contributed by atoms with Crippen molar-refractivity contribution in [3.63, 3.8) is 0 Å². The van der Waals surface area contributed by atoms with Gasteiger partial charge in [-0.2, -0.15) is 0 Å². The minimum absolute atomic E-state index is 0.0640. The molecule has 1 aliphatic heterocycles. The topological polar surface area (TPSA) is 88.3 Å². The maximum absolute atomic E-state index is 12.5. The van der Waals surface area contributed by atoms with E-state index in [1.807, 2.05) is 0 Å². The molecule has 1 aromatic heterocycles. The lowest BCUT2D eigenvalue weighted by Gasteiger charge is -2.42. The first-order valence-corrected chi connectivity index (χ1v) is 7.08. The Bertz CT molecular complexity index is 539. The molecule has 114 valence electrons. The Morgan fingerprint density at radius 2 is 2.14 bits per heavy atom. The minimum atomic E-state index is -0.265. The summed E-state index contributed by atoms with van der Waals surface area (Å²) in [5, 5.41) is 2.50. The number of likely N-dealkylation sites (tertiary alicyclic amines) is 1. The minimum Gasteiger partial charge on any atom is -0.354 e. The van der Waals surface area contributed by atoms with E-state index in [-0.39, 0.29) is 23.3 Å². The highest BCUT2D eigenvalue weighted by molar-refractivity contribution is 5.96. The van der Waals surface area contributed by atoms with Gasteiger partial charge in [0.1, 0.15) is 5.69 Å². The molecular weight excluding hydrogens is 268 g/mol. The first kappa shape index (κ1) is 15.4. The normalized spacial score (nSPS) is 21.0. The molecule has 21 heavy (non-hydrogen) atoms. The van der Waals surface area contributed by atoms with Gasteiger partial charge in [0.15, 0.2) is 0 Å². The molecule has 0 saturated carbocycles. The second-order valence-corrected chi connectivity index (χ2v) is 6.12. The van der Waals surface area contributed by atoms with Crippen LogP contribution in [0.15, 0.2) is 18.3 Å². The van der Waals surface area contributed by atoms with E-state index in [0.29, 0.717) is 24.3 Å². The molecule has 0 spiro atoms. The molecule has 1 aliphatic rings. The molecule has 1 fully saturated rings. The molecule has 2 amide bonds. The van der Waals surface area contributed by atoms with E-state index in [9.17, 15) is 9.59 Å². The molecule has 0 bridgehead atoms. The van der Waals surface area contributed by atoms with Crippen molar-refractivity contribution in [1.29, 1.82) is 0 Å². The summed E-state index contributed by atoms with van der Waals surface area (Å²) < 4.78 is 0. The summed E-state index contributed by atoms with van der Waals surface area (Å²) in [4.78, 5) is 29.8. The van der Waals surface area contributed by atoms with E-state index in [0.717, 1.165) is 6.42 Å². The van der Waals surface area contributed by atoms with Crippen molar-refractivity contribution in [3.8, 4) is 0 Å². The summed E-state index contributed by atoms with van der Waals surface area (Å²) >= 11 is 0. The van der Waals surface area contributed by atoms with Crippen LogP contribution in [0.4, 0.5) is 0 Å². The summed E-state index contributed by atoms with van der Waals surface area (Å²) in [6.45, 7) is 5.43. The van der Waals surface area contributed by atoms with Gasteiger partial charge in [-0.05, 0) is 24.0 Å². The average molecular weight is 290 g/mol. The van der Waals surface area contributed by atoms with Gasteiger partial charge in [0.2, 0.25) is 0 Å². The van der Waals surface area contributed by atoms with Crippen molar-refractivity contribution in [3.05, 3.63) is 29.6 Å². The van der Waals surface area contributed by atoms with Crippen molar-refractivity contribution < 1.29 is 9.59 Å². The molecule has 1 aromatic rings. The van der Waals surface area contributed by atoms with Crippen molar-refractivity contribution in [1.82, 2.24) is 15.2 Å². The summed E-state index contributed by atoms with van der Waals surface area (Å²) in [6.07, 6.45) is 2.25. The lowest BCUT2D eigenvalue weighted by atomic mass is 9.79. The van der Waals surface area contributed by atoms with E-state index >= 15 is 0 Å². The molecule has 2 heterocycles. The van der Waals surface area contributed by atoms with E-state index in [2.05, 4.69) is 24.1 Å². The van der Waals surface area contributed by atoms with Crippen LogP contribution in [0.1, 0.15) is 41.1 Å². The fourth-order valence-corrected chi connectivity index (χ4v) is 2.51. The van der Waals surface area contributed by atoms with E-state index in [1.165, 1.54) is 6.20 Å². The van der Waals surface area contributed by atoms with E-state index in [4.69, 9.17) is 5.73 Å². The number of aromatic nitrogens is 1. The summed E-state index contributed by atoms with van der Waals surface area (Å²) in [7, 11) is 1.54. The Balaban J connectivity index is 2.12. The third kappa shape index (κ3) is 3.21. The van der Waals surface area contributed by atoms with Crippen LogP contribution in [-0.2, 0) is 0 Å². The Morgan fingerprint density at radius 3 is 2.67 bits per heavy atom. The van der Waals surface area contributed by atoms with Crippen LogP contribution in [0.5, 0.6) is 0 Å². The molecule has 0 aliphatic carbocycles. The van der Waals surface area contributed by atoms with Crippen molar-refractivity contribution in [2.24, 2.45) is 11.1 Å². The first-order valence-electron chi connectivity index (χ1n) is 7.08. The summed E-state index contributed by atoms with van der Waals surface area (Å²) in [5.41, 5.74) is 6.79. The summed E-state index contributed by atoms with van der Waals surface area (Å²) in [5.74, 6) is -0.329. The Hall–Kier alpha value is -1.95. The van der Waals surface area contributed by atoms with Crippen LogP contribution in [0, 0.1) is 5.41 Å². The average Bonchev–Trinajstić information content (AvgIpc) is 2.48. The molecule has 1 atom stereocenters. The number of carbonyl (C=O) groups is 2. The predicted molar refractivity (Wildman–Crippen MR) is 79.9 cm³/mol. The molecule has 2 rings (SSSR count). The van der Waals surface area contributed by atoms with Gasteiger partial charge in [0, 0.05) is 32.4 Å². The smallest absolute Gasteiger partial charge is 0.269 e. The van der Waals surface area contributed by atoms with Gasteiger partial charge in [-0.3, -0.25) is 14.6 Å². The maximum atomic E-state index is 12.5. The lowest BCUT2D eigenvalue weighted by Crippen LogP contribution is -2.54. The maximum Gasteiger partial charge on any atom is 0.269 e. The fraction of sp³-hybridized carbons (Fsp3) is 0.533. The Morgan fingerprint density at radius 1 is 1.43 bits per heavy atom. The third-order valence-corrected chi connectivity index (χ3v) is 4.07. The zero-order valence-electron chi connectivity index (χ0n) is 12.7. The number of carbonyl (C=O) groups excluding carboxylic acids is 2. The number of piperidine rings is 1. The highest BCUT2D eigenvalue weighted by Gasteiger charge is 2.35. The Kier molecular flexibility index (Phi) is 4.27. The van der Waals surface area contributed by atoms with Crippen LogP contribution in [0.2, 0.25) is 0 Å². The zero-order chi connectivity index (χ0) is 15.6. The lowest BCUT2D eigenvalue weighted by molar-refractivity contribution is 0.0532. The third-order valence-electron chi connectivity index (χ3n) is 4.07. The van der Waals surface area contributed by atoms with E-state index < -0.39 is 0 Å². The first-order chi connectivity index (χ1) is 9.85. The molecule has 0 aromatic carbocycles. The molecule has 0 radical (unpaired) electrons. The number of hydrogen-bond donors (Lipinski definition) is 2. The van der Waals surface area contributed by atoms with Gasteiger partial charge in [0.25, 0.3) is 11.8 Å². The van der Waals surface area contributed by atoms with Crippen molar-refractivity contribution >= 4 is 11.8 Å². The number of amides is 2. The summed E-state index contributed by atoms with van der Waals surface area (Å²) in [6, 6.07) is 3.31. The van der Waals surface area contributed by atoms with Gasteiger partial charge in [0.05, 0.1) is 5.56 Å². The number of rotatable bonds is 2. The SMILES string of the molecule is CNC(=O)c1ccc(C(=O)N2CCC(N)C(C)(C)C2)cn1. The van der Waals surface area contributed by atoms with Crippen LogP contribution in [0.25, 0.3) is 0 Å². The second kappa shape index (κ2) is 5.81. The van der Waals surface area contributed by atoms with Crippen molar-refractivity contribution in [2.45, 2.75) is 26.3 Å². The fourth-order valence-electron chi connectivity index (χ4n) is 2.51. The zero-order valence-corrected chi connectivity index (χ0v) is 12.7. The number of nitrogens with zero attached hydrogens (tertiary/aromatic N) is 2. The molecule has 6 heteroatoms. The predicted octanol–water partition coefficient (Wildman–Crippen LogP) is 0.641. The van der Waals surface area contributed by atoms with Gasteiger partial charge in [-0.15, -0.1) is 0 Å². The monoisotopic (exact) mass is 290 g/mol. The highest BCUT2D eigenvalue weighted by Crippen LogP contribution is 2.28. The van der Waals surface area contributed by atoms with Gasteiger partial charge >= 0.3 is 0 Å². The van der Waals surface area contributed by atoms with Crippen LogP contribution in [-0.4, -0.2) is 47.9 Å². The molecular formula is C15H22N4O2. The number of pyridine rings is 1.